The fourth-order valence-electron chi connectivity index (χ4n) is 0.383. The first-order valence-corrected chi connectivity index (χ1v) is 4.06. The van der Waals surface area contributed by atoms with Gasteiger partial charge in [0.05, 0.1) is 0 Å². The molecule has 0 aromatic heterocycles. The monoisotopic (exact) mass is 106 g/mol. The second-order valence-electron chi connectivity index (χ2n) is 1.40. The molecule has 26 valence electrons. The zero-order chi connectivity index (χ0) is 3.98. The van der Waals surface area contributed by atoms with Gasteiger partial charge in [0.25, 0.3) is 0 Å². The zero-order valence-corrected chi connectivity index (χ0v) is 5.15. The lowest BCUT2D eigenvalue weighted by Crippen LogP contribution is -1.64. The van der Waals surface area contributed by atoms with Gasteiger partial charge in [-0.05, 0) is 0 Å². The van der Waals surface area contributed by atoms with Crippen LogP contribution in [0.15, 0.2) is 21.8 Å². The van der Waals surface area contributed by atoms with E-state index in [0.29, 0.717) is 0 Å². The van der Waals surface area contributed by atoms with Crippen molar-refractivity contribution in [2.75, 3.05) is 0 Å². The van der Waals surface area contributed by atoms with Gasteiger partial charge in [0.2, 0.25) is 0 Å². The Bertz CT molecular complexity index is 126. The molecule has 0 saturated carbocycles. The van der Waals surface area contributed by atoms with E-state index >= 15 is 0 Å². The van der Waals surface area contributed by atoms with Gasteiger partial charge in [-0.2, -0.15) is 0 Å². The van der Waals surface area contributed by atoms with Crippen molar-refractivity contribution in [3.8, 4) is 0 Å². The predicted octanol–water partition coefficient (Wildman–Crippen LogP) is 0.105. The molecule has 2 aliphatic rings. The van der Waals surface area contributed by atoms with Crippen LogP contribution in [-0.2, 0) is 0 Å². The van der Waals surface area contributed by atoms with Crippen LogP contribution in [0.5, 0.6) is 0 Å². The molecule has 0 atom stereocenters. The van der Waals surface area contributed by atoms with Gasteiger partial charge in [0.1, 0.15) is 19.0 Å². The van der Waals surface area contributed by atoms with Crippen LogP contribution in [0.25, 0.3) is 0 Å². The Kier molecular flexibility index (Phi) is 0.381. The van der Waals surface area contributed by atoms with Crippen LogP contribution in [0.2, 0.25) is 0 Å². The quantitative estimate of drug-likeness (QED) is 0.416. The number of rotatable bonds is 1. The number of hydrogen-bond donors (Lipinski definition) is 0. The molecule has 2 heterocycles. The first-order valence-electron chi connectivity index (χ1n) is 1.90. The van der Waals surface area contributed by atoms with E-state index in [2.05, 4.69) is 11.4 Å². The third-order valence-electron chi connectivity index (χ3n) is 0.868. The van der Waals surface area contributed by atoms with E-state index < -0.39 is 0 Å². The van der Waals surface area contributed by atoms with Gasteiger partial charge in [0.15, 0.2) is 0 Å². The van der Waals surface area contributed by atoms with Crippen molar-refractivity contribution >= 4 is 19.0 Å². The van der Waals surface area contributed by atoms with Crippen molar-refractivity contribution in [2.24, 2.45) is 0 Å². The third kappa shape index (κ3) is 0.338. The fourth-order valence-corrected chi connectivity index (χ4v) is 2.02. The molecule has 0 fully saturated rings. The molecule has 2 aliphatic heterocycles. The lowest BCUT2D eigenvalue weighted by molar-refractivity contribution is 2.08. The lowest BCUT2D eigenvalue weighted by atomic mass is 10.6. The average Bonchev–Trinajstić information content (AvgIpc) is 2.26. The summed E-state index contributed by atoms with van der Waals surface area (Å²) in [5.41, 5.74) is 4.62. The zero-order valence-electron chi connectivity index (χ0n) is 3.15. The summed E-state index contributed by atoms with van der Waals surface area (Å²) in [5, 5.41) is 3.29. The van der Waals surface area contributed by atoms with Crippen LogP contribution in [-0.4, -0.2) is 19.0 Å². The average molecular weight is 106 g/mol. The summed E-state index contributed by atoms with van der Waals surface area (Å²) in [5.74, 6) is 0. The van der Waals surface area contributed by atoms with E-state index in [1.165, 1.54) is 0 Å². The van der Waals surface area contributed by atoms with Crippen LogP contribution in [0.4, 0.5) is 0 Å². The van der Waals surface area contributed by atoms with E-state index in [1.807, 2.05) is 0 Å². The first-order chi connectivity index (χ1) is 2.97. The largest absolute Gasteiger partial charge is 0.110 e. The summed E-state index contributed by atoms with van der Waals surface area (Å²) >= 11 is 0. The topological polar surface area (TPSA) is 0 Å². The van der Waals surface area contributed by atoms with E-state index in [4.69, 9.17) is 0 Å². The SMILES string of the molecule is C1=C(C2=C[Si]2)[Si]1. The minimum atomic E-state index is 1.10. The smallest absolute Gasteiger partial charge is 0.0943 e. The van der Waals surface area contributed by atoms with Crippen LogP contribution in [0.3, 0.4) is 0 Å². The van der Waals surface area contributed by atoms with Crippen molar-refractivity contribution in [3.05, 3.63) is 21.8 Å². The Balaban J connectivity index is 2.26. The molecule has 2 rings (SSSR count). The van der Waals surface area contributed by atoms with Crippen LogP contribution in [0.1, 0.15) is 0 Å². The van der Waals surface area contributed by atoms with Gasteiger partial charge in [-0.25, -0.2) is 0 Å². The Labute approximate surface area is 41.6 Å². The number of allylic oxidation sites excluding steroid dienone is 2. The minimum Gasteiger partial charge on any atom is -0.0943 e. The summed E-state index contributed by atoms with van der Waals surface area (Å²) in [6, 6.07) is 0. The summed E-state index contributed by atoms with van der Waals surface area (Å²) in [4.78, 5) is 0. The highest BCUT2D eigenvalue weighted by Crippen LogP contribution is 2.24. The second kappa shape index (κ2) is 0.766. The summed E-state index contributed by atoms with van der Waals surface area (Å²) < 4.78 is 0. The highest BCUT2D eigenvalue weighted by Gasteiger charge is 2.19. The van der Waals surface area contributed by atoms with Gasteiger partial charge < -0.3 is 0 Å². The van der Waals surface area contributed by atoms with Crippen molar-refractivity contribution in [2.45, 2.75) is 0 Å². The Hall–Kier alpha value is -0.0862. The number of hydrogen-bond acceptors (Lipinski definition) is 0. The van der Waals surface area contributed by atoms with Crippen LogP contribution in [0, 0.1) is 0 Å². The molecule has 0 aromatic rings. The van der Waals surface area contributed by atoms with Crippen molar-refractivity contribution in [1.82, 2.24) is 0 Å². The Morgan fingerprint density at radius 3 is 1.50 bits per heavy atom. The van der Waals surface area contributed by atoms with E-state index in [1.54, 1.807) is 10.4 Å². The molecule has 0 N–H and O–H groups in total. The van der Waals surface area contributed by atoms with Gasteiger partial charge in [-0.15, -0.1) is 0 Å². The summed E-state index contributed by atoms with van der Waals surface area (Å²) in [6.07, 6.45) is 0. The summed E-state index contributed by atoms with van der Waals surface area (Å²) in [7, 11) is 2.20. The van der Waals surface area contributed by atoms with Crippen molar-refractivity contribution in [3.63, 3.8) is 0 Å². The molecule has 6 heavy (non-hydrogen) atoms. The molecule has 2 heteroatoms. The normalized spacial score (nSPS) is 25.3. The molecule has 0 aromatic carbocycles. The fraction of sp³-hybridized carbons (Fsp3) is 0. The van der Waals surface area contributed by atoms with Gasteiger partial charge in [-0.3, -0.25) is 0 Å². The van der Waals surface area contributed by atoms with Crippen molar-refractivity contribution in [1.29, 1.82) is 0 Å². The first kappa shape index (κ1) is 2.99. The van der Waals surface area contributed by atoms with Crippen LogP contribution < -0.4 is 0 Å². The molecule has 0 saturated heterocycles. The molecule has 0 nitrogen and oxygen atoms in total. The molecule has 0 unspecified atom stereocenters. The Morgan fingerprint density at radius 2 is 1.33 bits per heavy atom. The molecular weight excluding hydrogens is 104 g/mol. The molecule has 0 amide bonds. The lowest BCUT2D eigenvalue weighted by Gasteiger charge is -1.65. The van der Waals surface area contributed by atoms with Gasteiger partial charge in [0, 0.05) is 0 Å². The van der Waals surface area contributed by atoms with Crippen molar-refractivity contribution < 1.29 is 0 Å². The minimum absolute atomic E-state index is 1.10. The highest BCUT2D eigenvalue weighted by atomic mass is 28.2. The molecular formula is C4H2Si2. The molecule has 0 spiro atoms. The maximum absolute atomic E-state index is 2.31. The molecule has 4 radical (unpaired) electrons. The van der Waals surface area contributed by atoms with E-state index in [9.17, 15) is 0 Å². The third-order valence-corrected chi connectivity index (χ3v) is 2.81. The maximum Gasteiger partial charge on any atom is 0.110 e. The maximum atomic E-state index is 2.31. The standard InChI is InChI=1S/C4H2Si2/c1-3(5-1)4-2-6-4/h1-2H. The molecule has 0 aliphatic carbocycles. The summed E-state index contributed by atoms with van der Waals surface area (Å²) in [6.45, 7) is 0. The predicted molar refractivity (Wildman–Crippen MR) is 27.7 cm³/mol. The van der Waals surface area contributed by atoms with E-state index in [-0.39, 0.29) is 0 Å². The van der Waals surface area contributed by atoms with E-state index in [0.717, 1.165) is 19.0 Å². The van der Waals surface area contributed by atoms with Gasteiger partial charge in [-0.1, -0.05) is 21.8 Å². The molecule has 0 bridgehead atoms. The highest BCUT2D eigenvalue weighted by molar-refractivity contribution is 6.77. The van der Waals surface area contributed by atoms with Gasteiger partial charge >= 0.3 is 0 Å². The Morgan fingerprint density at radius 1 is 1.00 bits per heavy atom. The second-order valence-corrected chi connectivity index (χ2v) is 3.64. The van der Waals surface area contributed by atoms with Crippen LogP contribution >= 0.6 is 0 Å².